The van der Waals surface area contributed by atoms with Crippen LogP contribution in [-0.2, 0) is 9.53 Å². The molecule has 0 aliphatic carbocycles. The Labute approximate surface area is 127 Å². The summed E-state index contributed by atoms with van der Waals surface area (Å²) in [5.74, 6) is 0.547. The van der Waals surface area contributed by atoms with E-state index in [1.54, 1.807) is 6.92 Å². The molecule has 1 rings (SSSR count). The highest BCUT2D eigenvalue weighted by Crippen LogP contribution is 2.33. The highest BCUT2D eigenvalue weighted by Gasteiger charge is 2.21. The first-order valence-corrected chi connectivity index (χ1v) is 8.33. The number of nitrogens with one attached hydrogen (secondary N) is 1. The molecule has 0 spiro atoms. The zero-order chi connectivity index (χ0) is 15.1. The van der Waals surface area contributed by atoms with Crippen molar-refractivity contribution in [2.45, 2.75) is 20.8 Å². The van der Waals surface area contributed by atoms with Crippen molar-refractivity contribution >= 4 is 40.0 Å². The molecule has 0 atom stereocenters. The van der Waals surface area contributed by atoms with Gasteiger partial charge >= 0.3 is 5.97 Å². The highest BCUT2D eigenvalue weighted by atomic mass is 32.2. The van der Waals surface area contributed by atoms with Gasteiger partial charge in [0.1, 0.15) is 5.00 Å². The summed E-state index contributed by atoms with van der Waals surface area (Å²) >= 11 is 2.86. The van der Waals surface area contributed by atoms with Gasteiger partial charge in [0.15, 0.2) is 0 Å². The summed E-state index contributed by atoms with van der Waals surface area (Å²) < 4.78 is 5.04. The highest BCUT2D eigenvalue weighted by molar-refractivity contribution is 7.99. The summed E-state index contributed by atoms with van der Waals surface area (Å²) in [6.45, 7) is 6.39. The van der Waals surface area contributed by atoms with Gasteiger partial charge in [-0.05, 0) is 26.3 Å². The summed E-state index contributed by atoms with van der Waals surface area (Å²) in [5.41, 5.74) is 6.70. The normalized spacial score (nSPS) is 10.4. The molecule has 1 heterocycles. The zero-order valence-corrected chi connectivity index (χ0v) is 13.6. The van der Waals surface area contributed by atoms with Crippen LogP contribution in [-0.4, -0.2) is 36.5 Å². The Morgan fingerprint density at radius 2 is 2.10 bits per heavy atom. The summed E-state index contributed by atoms with van der Waals surface area (Å²) in [5, 5.41) is 3.35. The first kappa shape index (κ1) is 17.0. The molecule has 3 N–H and O–H groups in total. The zero-order valence-electron chi connectivity index (χ0n) is 11.9. The molecule has 112 valence electrons. The van der Waals surface area contributed by atoms with Crippen molar-refractivity contribution in [3.63, 3.8) is 0 Å². The number of carbonyl (C=O) groups is 2. The van der Waals surface area contributed by atoms with E-state index in [0.717, 1.165) is 16.2 Å². The van der Waals surface area contributed by atoms with Crippen molar-refractivity contribution in [1.29, 1.82) is 0 Å². The number of thioether (sulfide) groups is 1. The third-order valence-corrected chi connectivity index (χ3v) is 4.73. The molecular formula is C13H20N2O3S2. The third-order valence-electron chi connectivity index (χ3n) is 2.61. The van der Waals surface area contributed by atoms with Crippen LogP contribution in [0.3, 0.4) is 0 Å². The fraction of sp³-hybridized carbons (Fsp3) is 0.538. The van der Waals surface area contributed by atoms with Crippen molar-refractivity contribution in [2.75, 3.05) is 30.0 Å². The van der Waals surface area contributed by atoms with Crippen LogP contribution < -0.4 is 11.1 Å². The van der Waals surface area contributed by atoms with Gasteiger partial charge < -0.3 is 15.8 Å². The molecule has 5 nitrogen and oxygen atoms in total. The fourth-order valence-electron chi connectivity index (χ4n) is 1.57. The number of esters is 1. The number of carbonyl (C=O) groups excluding carboxylic acids is 2. The lowest BCUT2D eigenvalue weighted by atomic mass is 10.1. The van der Waals surface area contributed by atoms with E-state index < -0.39 is 0 Å². The minimum absolute atomic E-state index is 0.129. The fourth-order valence-corrected chi connectivity index (χ4v) is 3.21. The molecule has 1 aromatic heterocycles. The van der Waals surface area contributed by atoms with E-state index >= 15 is 0 Å². The van der Waals surface area contributed by atoms with E-state index in [1.165, 1.54) is 23.1 Å². The monoisotopic (exact) mass is 316 g/mol. The second kappa shape index (κ2) is 8.28. The van der Waals surface area contributed by atoms with E-state index in [2.05, 4.69) is 5.32 Å². The molecule has 20 heavy (non-hydrogen) atoms. The maximum absolute atomic E-state index is 12.0. The number of hydrogen-bond donors (Lipinski definition) is 2. The SMILES string of the molecule is CCOC(=O)c1c(NC(=O)CSCCN)sc(C)c1C. The van der Waals surface area contributed by atoms with E-state index in [1.807, 2.05) is 13.8 Å². The molecule has 0 fully saturated rings. The number of amides is 1. The summed E-state index contributed by atoms with van der Waals surface area (Å²) in [4.78, 5) is 24.8. The number of thiophene rings is 1. The maximum atomic E-state index is 12.0. The average Bonchev–Trinajstić information content (AvgIpc) is 2.65. The predicted molar refractivity (Wildman–Crippen MR) is 84.8 cm³/mol. The third kappa shape index (κ3) is 4.50. The molecule has 0 aliphatic rings. The van der Waals surface area contributed by atoms with Crippen LogP contribution in [0.15, 0.2) is 0 Å². The lowest BCUT2D eigenvalue weighted by molar-refractivity contribution is -0.113. The quantitative estimate of drug-likeness (QED) is 0.595. The van der Waals surface area contributed by atoms with E-state index in [4.69, 9.17) is 10.5 Å². The Hall–Kier alpha value is -1.05. The Morgan fingerprint density at radius 3 is 2.70 bits per heavy atom. The maximum Gasteiger partial charge on any atom is 0.341 e. The first-order chi connectivity index (χ1) is 9.51. The summed E-state index contributed by atoms with van der Waals surface area (Å²) in [7, 11) is 0. The lowest BCUT2D eigenvalue weighted by Gasteiger charge is -2.07. The van der Waals surface area contributed by atoms with E-state index in [0.29, 0.717) is 29.5 Å². The van der Waals surface area contributed by atoms with Gasteiger partial charge in [0.2, 0.25) is 5.91 Å². The molecule has 0 bridgehead atoms. The molecule has 0 saturated heterocycles. The van der Waals surface area contributed by atoms with Gasteiger partial charge in [0.05, 0.1) is 17.9 Å². The van der Waals surface area contributed by atoms with Crippen molar-refractivity contribution in [1.82, 2.24) is 0 Å². The molecule has 0 radical (unpaired) electrons. The second-order valence-electron chi connectivity index (χ2n) is 4.10. The topological polar surface area (TPSA) is 81.4 Å². The molecule has 0 aromatic carbocycles. The molecule has 7 heteroatoms. The van der Waals surface area contributed by atoms with E-state index in [9.17, 15) is 9.59 Å². The number of aryl methyl sites for hydroxylation is 1. The minimum atomic E-state index is -0.390. The van der Waals surface area contributed by atoms with Crippen LogP contribution in [0.5, 0.6) is 0 Å². The van der Waals surface area contributed by atoms with Crippen LogP contribution in [0.25, 0.3) is 0 Å². The van der Waals surface area contributed by atoms with Crippen LogP contribution >= 0.6 is 23.1 Å². The Bertz CT molecular complexity index is 486. The minimum Gasteiger partial charge on any atom is -0.462 e. The molecule has 0 saturated carbocycles. The van der Waals surface area contributed by atoms with Crippen LogP contribution in [0, 0.1) is 13.8 Å². The van der Waals surface area contributed by atoms with Gasteiger partial charge in [0.25, 0.3) is 0 Å². The number of anilines is 1. The van der Waals surface area contributed by atoms with Crippen LogP contribution in [0.4, 0.5) is 5.00 Å². The number of ether oxygens (including phenoxy) is 1. The average molecular weight is 316 g/mol. The van der Waals surface area contributed by atoms with Gasteiger partial charge in [-0.15, -0.1) is 11.3 Å². The van der Waals surface area contributed by atoms with Gasteiger partial charge in [-0.25, -0.2) is 4.79 Å². The lowest BCUT2D eigenvalue weighted by Crippen LogP contribution is -2.17. The summed E-state index contributed by atoms with van der Waals surface area (Å²) in [6, 6.07) is 0. The van der Waals surface area contributed by atoms with Gasteiger partial charge in [-0.3, -0.25) is 4.79 Å². The largest absolute Gasteiger partial charge is 0.462 e. The number of hydrogen-bond acceptors (Lipinski definition) is 6. The van der Waals surface area contributed by atoms with Gasteiger partial charge in [-0.1, -0.05) is 0 Å². The standard InChI is InChI=1S/C13H20N2O3S2/c1-4-18-13(17)11-8(2)9(3)20-12(11)15-10(16)7-19-6-5-14/h4-7,14H2,1-3H3,(H,15,16). The molecule has 0 unspecified atom stereocenters. The first-order valence-electron chi connectivity index (χ1n) is 6.36. The van der Waals surface area contributed by atoms with Gasteiger partial charge in [0, 0.05) is 17.2 Å². The van der Waals surface area contributed by atoms with Crippen molar-refractivity contribution in [2.24, 2.45) is 5.73 Å². The molecular weight excluding hydrogens is 296 g/mol. The van der Waals surface area contributed by atoms with Crippen molar-refractivity contribution in [3.05, 3.63) is 16.0 Å². The number of nitrogens with two attached hydrogens (primary N) is 1. The number of rotatable bonds is 7. The van der Waals surface area contributed by atoms with Gasteiger partial charge in [-0.2, -0.15) is 11.8 Å². The Kier molecular flexibility index (Phi) is 7.04. The Balaban J connectivity index is 2.81. The van der Waals surface area contributed by atoms with Crippen LogP contribution in [0.1, 0.15) is 27.7 Å². The predicted octanol–water partition coefficient (Wildman–Crippen LogP) is 2.17. The molecule has 1 amide bonds. The summed E-state index contributed by atoms with van der Waals surface area (Å²) in [6.07, 6.45) is 0. The van der Waals surface area contributed by atoms with Crippen molar-refractivity contribution in [3.8, 4) is 0 Å². The smallest absolute Gasteiger partial charge is 0.341 e. The van der Waals surface area contributed by atoms with Crippen LogP contribution in [0.2, 0.25) is 0 Å². The van der Waals surface area contributed by atoms with Crippen molar-refractivity contribution < 1.29 is 14.3 Å². The second-order valence-corrected chi connectivity index (χ2v) is 6.43. The van der Waals surface area contributed by atoms with E-state index in [-0.39, 0.29) is 11.9 Å². The molecule has 1 aromatic rings. The Morgan fingerprint density at radius 1 is 1.40 bits per heavy atom. The molecule has 0 aliphatic heterocycles.